The SMILES string of the molecule is CCOC(=O)CC(=O)N(C)CCC(=O)OC. The summed E-state index contributed by atoms with van der Waals surface area (Å²) in [4.78, 5) is 34.5. The zero-order valence-electron chi connectivity index (χ0n) is 9.82. The van der Waals surface area contributed by atoms with E-state index in [0.717, 1.165) is 0 Å². The highest BCUT2D eigenvalue weighted by atomic mass is 16.5. The van der Waals surface area contributed by atoms with Crippen molar-refractivity contribution in [1.29, 1.82) is 0 Å². The topological polar surface area (TPSA) is 72.9 Å². The second-order valence-electron chi connectivity index (χ2n) is 3.12. The van der Waals surface area contributed by atoms with Gasteiger partial charge in [0.25, 0.3) is 0 Å². The lowest BCUT2D eigenvalue weighted by molar-refractivity contribution is -0.148. The number of methoxy groups -OCH3 is 1. The maximum atomic E-state index is 11.4. The third-order valence-corrected chi connectivity index (χ3v) is 1.91. The van der Waals surface area contributed by atoms with Crippen molar-refractivity contribution in [3.63, 3.8) is 0 Å². The van der Waals surface area contributed by atoms with Crippen LogP contribution in [0.1, 0.15) is 19.8 Å². The van der Waals surface area contributed by atoms with E-state index < -0.39 is 11.9 Å². The Bertz CT molecular complexity index is 264. The lowest BCUT2D eigenvalue weighted by atomic mass is 10.3. The summed E-state index contributed by atoms with van der Waals surface area (Å²) in [7, 11) is 2.80. The minimum Gasteiger partial charge on any atom is -0.469 e. The summed E-state index contributed by atoms with van der Waals surface area (Å²) in [6.45, 7) is 2.15. The molecule has 0 fully saturated rings. The van der Waals surface area contributed by atoms with Crippen molar-refractivity contribution in [3.8, 4) is 0 Å². The van der Waals surface area contributed by atoms with Gasteiger partial charge < -0.3 is 14.4 Å². The summed E-state index contributed by atoms with van der Waals surface area (Å²) < 4.78 is 9.06. The average Bonchev–Trinajstić information content (AvgIpc) is 2.25. The van der Waals surface area contributed by atoms with Gasteiger partial charge in [-0.1, -0.05) is 0 Å². The summed E-state index contributed by atoms with van der Waals surface area (Å²) in [6.07, 6.45) is -0.187. The highest BCUT2D eigenvalue weighted by Gasteiger charge is 2.15. The van der Waals surface area contributed by atoms with Crippen LogP contribution in [-0.2, 0) is 23.9 Å². The van der Waals surface area contributed by atoms with Gasteiger partial charge in [0.15, 0.2) is 0 Å². The van der Waals surface area contributed by atoms with Crippen LogP contribution in [0.4, 0.5) is 0 Å². The van der Waals surface area contributed by atoms with Crippen molar-refractivity contribution in [2.45, 2.75) is 19.8 Å². The lowest BCUT2D eigenvalue weighted by Gasteiger charge is -2.15. The molecular weight excluding hydrogens is 214 g/mol. The van der Waals surface area contributed by atoms with Crippen LogP contribution < -0.4 is 0 Å². The van der Waals surface area contributed by atoms with Crippen LogP contribution in [-0.4, -0.2) is 50.1 Å². The molecule has 16 heavy (non-hydrogen) atoms. The lowest BCUT2D eigenvalue weighted by Crippen LogP contribution is -2.31. The number of carbonyl (C=O) groups is 3. The zero-order chi connectivity index (χ0) is 12.6. The summed E-state index contributed by atoms with van der Waals surface area (Å²) >= 11 is 0. The Balaban J connectivity index is 3.90. The molecule has 0 bridgehead atoms. The number of carbonyl (C=O) groups excluding carboxylic acids is 3. The number of hydrogen-bond donors (Lipinski definition) is 0. The molecule has 0 aromatic carbocycles. The van der Waals surface area contributed by atoms with Gasteiger partial charge in [0.1, 0.15) is 6.42 Å². The molecule has 0 aromatic heterocycles. The Kier molecular flexibility index (Phi) is 6.91. The van der Waals surface area contributed by atoms with Gasteiger partial charge in [0, 0.05) is 13.6 Å². The van der Waals surface area contributed by atoms with Gasteiger partial charge >= 0.3 is 11.9 Å². The largest absolute Gasteiger partial charge is 0.469 e. The Morgan fingerprint density at radius 3 is 2.31 bits per heavy atom. The van der Waals surface area contributed by atoms with Gasteiger partial charge in [-0.2, -0.15) is 0 Å². The molecule has 0 saturated heterocycles. The predicted molar refractivity (Wildman–Crippen MR) is 55.5 cm³/mol. The maximum Gasteiger partial charge on any atom is 0.315 e. The molecule has 0 aliphatic carbocycles. The number of amides is 1. The minimum absolute atomic E-state index is 0.113. The van der Waals surface area contributed by atoms with E-state index in [1.807, 2.05) is 0 Å². The molecule has 0 atom stereocenters. The van der Waals surface area contributed by atoms with Gasteiger partial charge in [-0.15, -0.1) is 0 Å². The second-order valence-corrected chi connectivity index (χ2v) is 3.12. The molecule has 0 N–H and O–H groups in total. The molecule has 6 nitrogen and oxygen atoms in total. The summed E-state index contributed by atoms with van der Waals surface area (Å²) in [5.74, 6) is -1.32. The molecule has 0 aliphatic heterocycles. The molecule has 0 heterocycles. The number of esters is 2. The number of rotatable bonds is 6. The normalized spacial score (nSPS) is 9.44. The highest BCUT2D eigenvalue weighted by Crippen LogP contribution is 1.96. The molecule has 1 amide bonds. The van der Waals surface area contributed by atoms with Crippen molar-refractivity contribution in [2.75, 3.05) is 27.3 Å². The molecule has 6 heteroatoms. The van der Waals surface area contributed by atoms with E-state index in [1.165, 1.54) is 19.1 Å². The third-order valence-electron chi connectivity index (χ3n) is 1.91. The van der Waals surface area contributed by atoms with Crippen molar-refractivity contribution < 1.29 is 23.9 Å². The molecule has 0 saturated carbocycles. The van der Waals surface area contributed by atoms with Crippen LogP contribution in [0.15, 0.2) is 0 Å². The fourth-order valence-corrected chi connectivity index (χ4v) is 0.956. The first-order chi connectivity index (χ1) is 7.51. The second kappa shape index (κ2) is 7.67. The molecule has 0 unspecified atom stereocenters. The molecular formula is C10H17NO5. The average molecular weight is 231 g/mol. The first-order valence-electron chi connectivity index (χ1n) is 4.97. The third kappa shape index (κ3) is 6.00. The van der Waals surface area contributed by atoms with Gasteiger partial charge in [0.05, 0.1) is 20.1 Å². The van der Waals surface area contributed by atoms with Crippen LogP contribution in [0.5, 0.6) is 0 Å². The highest BCUT2D eigenvalue weighted by molar-refractivity contribution is 5.94. The van der Waals surface area contributed by atoms with E-state index in [1.54, 1.807) is 6.92 Å². The number of ether oxygens (including phenoxy) is 2. The van der Waals surface area contributed by atoms with E-state index in [4.69, 9.17) is 0 Å². The molecule has 0 aliphatic rings. The summed E-state index contributed by atoms with van der Waals surface area (Å²) in [6, 6.07) is 0. The maximum absolute atomic E-state index is 11.4. The van der Waals surface area contributed by atoms with Crippen LogP contribution in [0.3, 0.4) is 0 Å². The van der Waals surface area contributed by atoms with Crippen molar-refractivity contribution in [1.82, 2.24) is 4.90 Å². The van der Waals surface area contributed by atoms with Gasteiger partial charge in [0.2, 0.25) is 5.91 Å². The monoisotopic (exact) mass is 231 g/mol. The minimum atomic E-state index is -0.558. The number of nitrogens with zero attached hydrogens (tertiary/aromatic N) is 1. The van der Waals surface area contributed by atoms with Crippen LogP contribution >= 0.6 is 0 Å². The summed E-state index contributed by atoms with van der Waals surface area (Å²) in [5, 5.41) is 0. The van der Waals surface area contributed by atoms with Crippen molar-refractivity contribution in [3.05, 3.63) is 0 Å². The smallest absolute Gasteiger partial charge is 0.315 e. The molecule has 0 radical (unpaired) electrons. The standard InChI is InChI=1S/C10H17NO5/c1-4-16-10(14)7-8(12)11(2)6-5-9(13)15-3/h4-7H2,1-3H3. The van der Waals surface area contributed by atoms with Crippen LogP contribution in [0.25, 0.3) is 0 Å². The van der Waals surface area contributed by atoms with Crippen LogP contribution in [0, 0.1) is 0 Å². The summed E-state index contributed by atoms with van der Waals surface area (Å²) in [5.41, 5.74) is 0. The van der Waals surface area contributed by atoms with Crippen molar-refractivity contribution >= 4 is 17.8 Å². The van der Waals surface area contributed by atoms with E-state index in [9.17, 15) is 14.4 Å². The Labute approximate surface area is 94.5 Å². The Morgan fingerprint density at radius 1 is 1.19 bits per heavy atom. The van der Waals surface area contributed by atoms with Crippen molar-refractivity contribution in [2.24, 2.45) is 0 Å². The van der Waals surface area contributed by atoms with Gasteiger partial charge in [-0.05, 0) is 6.92 Å². The molecule has 92 valence electrons. The van der Waals surface area contributed by atoms with E-state index >= 15 is 0 Å². The van der Waals surface area contributed by atoms with E-state index in [2.05, 4.69) is 9.47 Å². The van der Waals surface area contributed by atoms with E-state index in [-0.39, 0.29) is 31.9 Å². The fourth-order valence-electron chi connectivity index (χ4n) is 0.956. The van der Waals surface area contributed by atoms with Gasteiger partial charge in [-0.3, -0.25) is 14.4 Å². The Morgan fingerprint density at radius 2 is 1.81 bits per heavy atom. The number of hydrogen-bond acceptors (Lipinski definition) is 5. The van der Waals surface area contributed by atoms with Gasteiger partial charge in [-0.25, -0.2) is 0 Å². The predicted octanol–water partition coefficient (Wildman–Crippen LogP) is -0.0389. The molecule has 0 aromatic rings. The molecule has 0 spiro atoms. The quantitative estimate of drug-likeness (QED) is 0.474. The van der Waals surface area contributed by atoms with E-state index in [0.29, 0.717) is 0 Å². The molecule has 0 rings (SSSR count). The first-order valence-corrected chi connectivity index (χ1v) is 4.97. The zero-order valence-corrected chi connectivity index (χ0v) is 9.82. The fraction of sp³-hybridized carbons (Fsp3) is 0.700. The van der Waals surface area contributed by atoms with Crippen LogP contribution in [0.2, 0.25) is 0 Å². The first kappa shape index (κ1) is 14.4. The Hall–Kier alpha value is -1.59.